The summed E-state index contributed by atoms with van der Waals surface area (Å²) in [5, 5.41) is 25.8. The summed E-state index contributed by atoms with van der Waals surface area (Å²) in [7, 11) is 1.90. The summed E-state index contributed by atoms with van der Waals surface area (Å²) in [6, 6.07) is 13.3. The third kappa shape index (κ3) is 3.46. The monoisotopic (exact) mass is 414 g/mol. The quantitative estimate of drug-likeness (QED) is 0.525. The number of aromatic nitrogens is 5. The molecule has 1 atom stereocenters. The number of rotatable bonds is 4. The number of nitrogens with zero attached hydrogens (tertiary/aromatic N) is 5. The first-order valence-electron chi connectivity index (χ1n) is 10.1. The smallest absolute Gasteiger partial charge is 0.335 e. The van der Waals surface area contributed by atoms with Crippen LogP contribution in [0.3, 0.4) is 0 Å². The molecule has 8 nitrogen and oxygen atoms in total. The zero-order valence-corrected chi connectivity index (χ0v) is 17.3. The third-order valence-corrected chi connectivity index (χ3v) is 5.70. The fourth-order valence-electron chi connectivity index (χ4n) is 4.21. The first-order chi connectivity index (χ1) is 15.0. The minimum Gasteiger partial charge on any atom is -0.478 e. The van der Waals surface area contributed by atoms with Crippen molar-refractivity contribution >= 4 is 11.7 Å². The lowest BCUT2D eigenvalue weighted by Crippen LogP contribution is -2.13. The van der Waals surface area contributed by atoms with E-state index in [1.165, 1.54) is 0 Å². The van der Waals surface area contributed by atoms with Gasteiger partial charge in [-0.25, -0.2) is 9.48 Å². The van der Waals surface area contributed by atoms with Crippen LogP contribution in [0.1, 0.15) is 34.1 Å². The van der Waals surface area contributed by atoms with E-state index in [2.05, 4.69) is 38.9 Å². The standard InChI is InChI=1S/C23H22N6O2/c1-14-22-19-7-6-15(17-12-24-28(2)13-17)11-20(19)21(8-9-29(22)27-26-14)25-18-5-3-4-16(10-18)23(30)31/h3-7,10-13,21,25H,8-9H2,1-2H3,(H,30,31). The van der Waals surface area contributed by atoms with Gasteiger partial charge in [0, 0.05) is 36.6 Å². The average molecular weight is 414 g/mol. The number of hydrogen-bond donors (Lipinski definition) is 2. The Hall–Kier alpha value is -3.94. The van der Waals surface area contributed by atoms with Gasteiger partial charge in [0.25, 0.3) is 0 Å². The Morgan fingerprint density at radius 3 is 2.84 bits per heavy atom. The van der Waals surface area contributed by atoms with Gasteiger partial charge in [0.2, 0.25) is 0 Å². The van der Waals surface area contributed by atoms with Crippen molar-refractivity contribution in [3.63, 3.8) is 0 Å². The van der Waals surface area contributed by atoms with Gasteiger partial charge >= 0.3 is 5.97 Å². The van der Waals surface area contributed by atoms with Gasteiger partial charge in [-0.2, -0.15) is 5.10 Å². The Morgan fingerprint density at radius 2 is 2.06 bits per heavy atom. The highest BCUT2D eigenvalue weighted by Crippen LogP contribution is 2.39. The van der Waals surface area contributed by atoms with Gasteiger partial charge in [0.05, 0.1) is 29.2 Å². The fraction of sp³-hybridized carbons (Fsp3) is 0.217. The van der Waals surface area contributed by atoms with Crippen molar-refractivity contribution in [1.29, 1.82) is 0 Å². The Labute approximate surface area is 179 Å². The van der Waals surface area contributed by atoms with Gasteiger partial charge < -0.3 is 10.4 Å². The van der Waals surface area contributed by atoms with Crippen molar-refractivity contribution in [3.05, 3.63) is 71.7 Å². The van der Waals surface area contributed by atoms with Gasteiger partial charge in [0.15, 0.2) is 0 Å². The molecule has 1 aliphatic heterocycles. The van der Waals surface area contributed by atoms with Crippen LogP contribution >= 0.6 is 0 Å². The molecule has 0 fully saturated rings. The summed E-state index contributed by atoms with van der Waals surface area (Å²) in [6.07, 6.45) is 4.64. The van der Waals surface area contributed by atoms with Crippen molar-refractivity contribution < 1.29 is 9.90 Å². The number of carboxylic acid groups (broad SMARTS) is 1. The minimum absolute atomic E-state index is 0.0169. The minimum atomic E-state index is -0.939. The van der Waals surface area contributed by atoms with Crippen molar-refractivity contribution in [1.82, 2.24) is 24.8 Å². The average Bonchev–Trinajstić information content (AvgIpc) is 3.32. The number of aryl methyl sites for hydroxylation is 3. The van der Waals surface area contributed by atoms with Crippen LogP contribution in [0.4, 0.5) is 5.69 Å². The van der Waals surface area contributed by atoms with E-state index < -0.39 is 5.97 Å². The van der Waals surface area contributed by atoms with Crippen molar-refractivity contribution in [2.45, 2.75) is 25.9 Å². The van der Waals surface area contributed by atoms with Crippen LogP contribution in [0, 0.1) is 6.92 Å². The van der Waals surface area contributed by atoms with E-state index in [4.69, 9.17) is 0 Å². The number of carbonyl (C=O) groups is 1. The molecule has 0 amide bonds. The number of anilines is 1. The molecule has 8 heteroatoms. The van der Waals surface area contributed by atoms with Gasteiger partial charge in [-0.05, 0) is 48.7 Å². The molecule has 0 bridgehead atoms. The zero-order chi connectivity index (χ0) is 21.5. The lowest BCUT2D eigenvalue weighted by molar-refractivity contribution is 0.0697. The molecular weight excluding hydrogens is 392 g/mol. The fourth-order valence-corrected chi connectivity index (χ4v) is 4.21. The van der Waals surface area contributed by atoms with Gasteiger partial charge in [-0.1, -0.05) is 23.4 Å². The number of benzene rings is 2. The molecule has 2 aromatic heterocycles. The maximum Gasteiger partial charge on any atom is 0.335 e. The molecular formula is C23H22N6O2. The molecule has 1 unspecified atom stereocenters. The molecule has 1 aliphatic rings. The van der Waals surface area contributed by atoms with E-state index in [0.29, 0.717) is 6.54 Å². The van der Waals surface area contributed by atoms with E-state index in [1.807, 2.05) is 37.1 Å². The number of aromatic carboxylic acids is 1. The van der Waals surface area contributed by atoms with E-state index >= 15 is 0 Å². The summed E-state index contributed by atoms with van der Waals surface area (Å²) in [4.78, 5) is 11.4. The largest absolute Gasteiger partial charge is 0.478 e. The summed E-state index contributed by atoms with van der Waals surface area (Å²) in [6.45, 7) is 2.69. The molecule has 0 aliphatic carbocycles. The maximum atomic E-state index is 11.4. The van der Waals surface area contributed by atoms with Crippen LogP contribution < -0.4 is 5.32 Å². The molecule has 2 aromatic carbocycles. The first-order valence-corrected chi connectivity index (χ1v) is 10.1. The van der Waals surface area contributed by atoms with Crippen LogP contribution in [0.2, 0.25) is 0 Å². The molecule has 0 saturated heterocycles. The predicted octanol–water partition coefficient (Wildman–Crippen LogP) is 3.91. The normalized spacial score (nSPS) is 15.1. The second kappa shape index (κ2) is 7.39. The predicted molar refractivity (Wildman–Crippen MR) is 117 cm³/mol. The van der Waals surface area contributed by atoms with Gasteiger partial charge in [-0.3, -0.25) is 4.68 Å². The Kier molecular flexibility index (Phi) is 4.54. The molecule has 0 radical (unpaired) electrons. The van der Waals surface area contributed by atoms with Crippen LogP contribution in [-0.2, 0) is 13.6 Å². The van der Waals surface area contributed by atoms with Crippen LogP contribution in [0.25, 0.3) is 22.4 Å². The topological polar surface area (TPSA) is 97.9 Å². The highest BCUT2D eigenvalue weighted by Gasteiger charge is 2.26. The van der Waals surface area contributed by atoms with Crippen LogP contribution in [-0.4, -0.2) is 35.9 Å². The van der Waals surface area contributed by atoms with Crippen LogP contribution in [0.15, 0.2) is 54.9 Å². The SMILES string of the molecule is Cc1nnn2c1-c1ccc(-c3cnn(C)c3)cc1C(Nc1cccc(C(=O)O)c1)CC2. The molecule has 31 heavy (non-hydrogen) atoms. The van der Waals surface area contributed by atoms with E-state index in [1.54, 1.807) is 22.9 Å². The first kappa shape index (κ1) is 19.0. The third-order valence-electron chi connectivity index (χ3n) is 5.70. The molecule has 3 heterocycles. The van der Waals surface area contributed by atoms with E-state index in [9.17, 15) is 9.90 Å². The highest BCUT2D eigenvalue weighted by molar-refractivity contribution is 5.88. The lowest BCUT2D eigenvalue weighted by atomic mass is 9.93. The summed E-state index contributed by atoms with van der Waals surface area (Å²) in [5.41, 5.74) is 7.29. The molecule has 156 valence electrons. The summed E-state index contributed by atoms with van der Waals surface area (Å²) >= 11 is 0. The number of hydrogen-bond acceptors (Lipinski definition) is 5. The van der Waals surface area contributed by atoms with Crippen molar-refractivity contribution in [2.75, 3.05) is 5.32 Å². The highest BCUT2D eigenvalue weighted by atomic mass is 16.4. The Balaban J connectivity index is 1.61. The molecule has 0 spiro atoms. The maximum absolute atomic E-state index is 11.4. The zero-order valence-electron chi connectivity index (χ0n) is 17.3. The summed E-state index contributed by atoms with van der Waals surface area (Å²) < 4.78 is 3.74. The molecule has 5 rings (SSSR count). The van der Waals surface area contributed by atoms with Crippen molar-refractivity contribution in [3.8, 4) is 22.4 Å². The molecule has 4 aromatic rings. The van der Waals surface area contributed by atoms with Gasteiger partial charge in [0.1, 0.15) is 0 Å². The van der Waals surface area contributed by atoms with E-state index in [-0.39, 0.29) is 11.6 Å². The van der Waals surface area contributed by atoms with Crippen molar-refractivity contribution in [2.24, 2.45) is 7.05 Å². The Morgan fingerprint density at radius 1 is 1.19 bits per heavy atom. The number of nitrogens with one attached hydrogen (secondary N) is 1. The number of carboxylic acids is 1. The second-order valence-electron chi connectivity index (χ2n) is 7.82. The summed E-state index contributed by atoms with van der Waals surface area (Å²) in [5.74, 6) is -0.939. The molecule has 2 N–H and O–H groups in total. The van der Waals surface area contributed by atoms with Gasteiger partial charge in [-0.15, -0.1) is 5.10 Å². The lowest BCUT2D eigenvalue weighted by Gasteiger charge is -2.21. The Bertz CT molecular complexity index is 1290. The van der Waals surface area contributed by atoms with Crippen LogP contribution in [0.5, 0.6) is 0 Å². The molecule has 0 saturated carbocycles. The number of fused-ring (bicyclic) bond motifs is 3. The van der Waals surface area contributed by atoms with E-state index in [0.717, 1.165) is 45.7 Å². The second-order valence-corrected chi connectivity index (χ2v) is 7.82.